The number of nitrogens with one attached hydrogen (secondary N) is 1. The lowest BCUT2D eigenvalue weighted by Gasteiger charge is -2.07. The van der Waals surface area contributed by atoms with Gasteiger partial charge in [0.1, 0.15) is 11.5 Å². The summed E-state index contributed by atoms with van der Waals surface area (Å²) in [6.45, 7) is 0. The fraction of sp³-hybridized carbons (Fsp3) is 0.167. The van der Waals surface area contributed by atoms with Crippen LogP contribution >= 0.6 is 11.8 Å². The summed E-state index contributed by atoms with van der Waals surface area (Å²) in [6.07, 6.45) is 1.91. The maximum Gasteiger partial charge on any atom is 0.322 e. The average Bonchev–Trinajstić information content (AvgIpc) is 3.15. The first kappa shape index (κ1) is 17.8. The molecule has 8 heteroatoms. The first-order chi connectivity index (χ1) is 12.7. The van der Waals surface area contributed by atoms with E-state index in [1.165, 1.54) is 11.8 Å². The molecule has 0 radical (unpaired) electrons. The third kappa shape index (κ3) is 3.65. The largest absolute Gasteiger partial charge is 0.497 e. The Kier molecular flexibility index (Phi) is 5.43. The van der Waals surface area contributed by atoms with Crippen LogP contribution in [0, 0.1) is 0 Å². The van der Waals surface area contributed by atoms with Gasteiger partial charge in [0.15, 0.2) is 0 Å². The zero-order valence-electron chi connectivity index (χ0n) is 14.5. The van der Waals surface area contributed by atoms with E-state index in [0.717, 1.165) is 4.90 Å². The summed E-state index contributed by atoms with van der Waals surface area (Å²) in [4.78, 5) is 13.3. The van der Waals surface area contributed by atoms with Crippen molar-refractivity contribution in [3.05, 3.63) is 48.0 Å². The molecule has 0 aliphatic carbocycles. The highest BCUT2D eigenvalue weighted by Gasteiger charge is 2.17. The summed E-state index contributed by atoms with van der Waals surface area (Å²) in [5.41, 5.74) is 1.11. The number of methoxy groups -OCH3 is 2. The van der Waals surface area contributed by atoms with E-state index in [9.17, 15) is 4.79 Å². The molecule has 0 aliphatic rings. The smallest absolute Gasteiger partial charge is 0.322 e. The highest BCUT2D eigenvalue weighted by Crippen LogP contribution is 2.33. The van der Waals surface area contributed by atoms with Gasteiger partial charge in [-0.3, -0.25) is 10.1 Å². The summed E-state index contributed by atoms with van der Waals surface area (Å²) in [5, 5.41) is 10.5. The molecule has 0 saturated heterocycles. The number of benzene rings is 2. The van der Waals surface area contributed by atoms with E-state index in [2.05, 4.69) is 15.5 Å². The molecule has 1 amide bonds. The molecule has 0 unspecified atom stereocenters. The maximum absolute atomic E-state index is 12.5. The molecule has 3 rings (SSSR count). The molecule has 1 aromatic heterocycles. The molecule has 0 atom stereocenters. The number of nitrogens with zero attached hydrogens (tertiary/aromatic N) is 2. The molecule has 0 saturated carbocycles. The zero-order chi connectivity index (χ0) is 18.5. The van der Waals surface area contributed by atoms with Gasteiger partial charge in [0.25, 0.3) is 11.8 Å². The van der Waals surface area contributed by atoms with E-state index in [0.29, 0.717) is 22.6 Å². The molecule has 0 aliphatic heterocycles. The molecular weight excluding hydrogens is 354 g/mol. The number of thioether (sulfide) groups is 1. The quantitative estimate of drug-likeness (QED) is 0.661. The van der Waals surface area contributed by atoms with Crippen LogP contribution in [0.1, 0.15) is 10.4 Å². The summed E-state index contributed by atoms with van der Waals surface area (Å²) in [5.74, 6) is 1.08. The molecule has 1 N–H and O–H groups in total. The lowest BCUT2D eigenvalue weighted by atomic mass is 10.2. The van der Waals surface area contributed by atoms with Gasteiger partial charge in [-0.05, 0) is 36.6 Å². The van der Waals surface area contributed by atoms with Crippen LogP contribution in [-0.2, 0) is 0 Å². The normalized spacial score (nSPS) is 10.4. The maximum atomic E-state index is 12.5. The predicted octanol–water partition coefficient (Wildman–Crippen LogP) is 3.73. The number of anilines is 1. The Hall–Kier alpha value is -3.00. The fourth-order valence-corrected chi connectivity index (χ4v) is 2.96. The van der Waals surface area contributed by atoms with Crippen LogP contribution in [0.5, 0.6) is 11.5 Å². The summed E-state index contributed by atoms with van der Waals surface area (Å²) >= 11 is 1.49. The van der Waals surface area contributed by atoms with E-state index in [4.69, 9.17) is 13.9 Å². The number of amides is 1. The SMILES string of the molecule is COc1ccc(OC)c(-c2nnc(NC(=O)c3ccccc3SC)o2)c1. The number of hydrogen-bond donors (Lipinski definition) is 1. The number of rotatable bonds is 6. The zero-order valence-corrected chi connectivity index (χ0v) is 15.3. The van der Waals surface area contributed by atoms with Gasteiger partial charge in [-0.1, -0.05) is 17.2 Å². The summed E-state index contributed by atoms with van der Waals surface area (Å²) < 4.78 is 16.1. The van der Waals surface area contributed by atoms with Gasteiger partial charge >= 0.3 is 6.01 Å². The Bertz CT molecular complexity index is 926. The van der Waals surface area contributed by atoms with Gasteiger partial charge in [0.05, 0.1) is 25.3 Å². The number of hydrogen-bond acceptors (Lipinski definition) is 7. The van der Waals surface area contributed by atoms with Crippen LogP contribution in [0.15, 0.2) is 51.8 Å². The van der Waals surface area contributed by atoms with Crippen molar-refractivity contribution >= 4 is 23.7 Å². The molecule has 2 aromatic carbocycles. The Labute approximate surface area is 154 Å². The third-order valence-electron chi connectivity index (χ3n) is 3.63. The topological polar surface area (TPSA) is 86.5 Å². The Morgan fingerprint density at radius 3 is 2.65 bits per heavy atom. The van der Waals surface area contributed by atoms with Crippen molar-refractivity contribution in [3.8, 4) is 23.0 Å². The van der Waals surface area contributed by atoms with Crippen molar-refractivity contribution in [1.82, 2.24) is 10.2 Å². The van der Waals surface area contributed by atoms with E-state index in [1.54, 1.807) is 44.6 Å². The van der Waals surface area contributed by atoms with E-state index < -0.39 is 0 Å². The van der Waals surface area contributed by atoms with Crippen LogP contribution < -0.4 is 14.8 Å². The van der Waals surface area contributed by atoms with Crippen molar-refractivity contribution in [2.45, 2.75) is 4.90 Å². The van der Waals surface area contributed by atoms with Gasteiger partial charge in [-0.2, -0.15) is 0 Å². The van der Waals surface area contributed by atoms with Crippen molar-refractivity contribution < 1.29 is 18.7 Å². The van der Waals surface area contributed by atoms with Crippen LogP contribution in [-0.4, -0.2) is 36.6 Å². The van der Waals surface area contributed by atoms with Gasteiger partial charge in [0, 0.05) is 4.90 Å². The lowest BCUT2D eigenvalue weighted by molar-refractivity contribution is 0.102. The first-order valence-electron chi connectivity index (χ1n) is 7.66. The van der Waals surface area contributed by atoms with Gasteiger partial charge in [0.2, 0.25) is 0 Å². The Morgan fingerprint density at radius 1 is 1.12 bits per heavy atom. The number of carbonyl (C=O) groups excluding carboxylic acids is 1. The van der Waals surface area contributed by atoms with Crippen LogP contribution in [0.3, 0.4) is 0 Å². The molecule has 26 heavy (non-hydrogen) atoms. The fourth-order valence-electron chi connectivity index (χ4n) is 2.36. The monoisotopic (exact) mass is 371 g/mol. The number of aromatic nitrogens is 2. The minimum absolute atomic E-state index is 0.00535. The Balaban J connectivity index is 1.86. The average molecular weight is 371 g/mol. The molecule has 0 bridgehead atoms. The first-order valence-corrected chi connectivity index (χ1v) is 8.89. The minimum atomic E-state index is -0.317. The third-order valence-corrected chi connectivity index (χ3v) is 4.43. The van der Waals surface area contributed by atoms with Crippen molar-refractivity contribution in [1.29, 1.82) is 0 Å². The van der Waals surface area contributed by atoms with Crippen LogP contribution in [0.25, 0.3) is 11.5 Å². The standard InChI is InChI=1S/C18H17N3O4S/c1-23-11-8-9-14(24-2)13(10-11)17-20-21-18(25-17)19-16(22)12-6-4-5-7-15(12)26-3/h4-10H,1-3H3,(H,19,21,22). The molecule has 3 aromatic rings. The van der Waals surface area contributed by atoms with E-state index >= 15 is 0 Å². The summed E-state index contributed by atoms with van der Waals surface area (Å²) in [6, 6.07) is 12.5. The predicted molar refractivity (Wildman–Crippen MR) is 99.0 cm³/mol. The Morgan fingerprint density at radius 2 is 1.92 bits per heavy atom. The lowest BCUT2D eigenvalue weighted by Crippen LogP contribution is -2.13. The molecular formula is C18H17N3O4S. The van der Waals surface area contributed by atoms with Crippen molar-refractivity contribution in [3.63, 3.8) is 0 Å². The second-order valence-corrected chi connectivity index (χ2v) is 5.98. The second kappa shape index (κ2) is 7.92. The van der Waals surface area contributed by atoms with Gasteiger partial charge in [-0.25, -0.2) is 0 Å². The number of ether oxygens (including phenoxy) is 2. The minimum Gasteiger partial charge on any atom is -0.497 e. The molecule has 0 fully saturated rings. The van der Waals surface area contributed by atoms with Gasteiger partial charge in [-0.15, -0.1) is 16.9 Å². The number of carbonyl (C=O) groups is 1. The van der Waals surface area contributed by atoms with Crippen molar-refractivity contribution in [2.75, 3.05) is 25.8 Å². The van der Waals surface area contributed by atoms with E-state index in [1.807, 2.05) is 18.4 Å². The van der Waals surface area contributed by atoms with Crippen molar-refractivity contribution in [2.24, 2.45) is 0 Å². The highest BCUT2D eigenvalue weighted by atomic mass is 32.2. The van der Waals surface area contributed by atoms with Gasteiger partial charge < -0.3 is 13.9 Å². The molecule has 134 valence electrons. The molecule has 1 heterocycles. The highest BCUT2D eigenvalue weighted by molar-refractivity contribution is 7.98. The molecule has 7 nitrogen and oxygen atoms in total. The summed E-state index contributed by atoms with van der Waals surface area (Å²) in [7, 11) is 3.11. The van der Waals surface area contributed by atoms with Crippen LogP contribution in [0.2, 0.25) is 0 Å². The molecule has 0 spiro atoms. The van der Waals surface area contributed by atoms with Crippen LogP contribution in [0.4, 0.5) is 6.01 Å². The van der Waals surface area contributed by atoms with E-state index in [-0.39, 0.29) is 17.8 Å². The second-order valence-electron chi connectivity index (χ2n) is 5.13.